The van der Waals surface area contributed by atoms with E-state index < -0.39 is 0 Å². The van der Waals surface area contributed by atoms with Gasteiger partial charge in [-0.3, -0.25) is 4.90 Å². The Morgan fingerprint density at radius 1 is 1.30 bits per heavy atom. The van der Waals surface area contributed by atoms with Crippen LogP contribution in [0, 0.1) is 0 Å². The minimum absolute atomic E-state index is 0. The first kappa shape index (κ1) is 10.6. The predicted octanol–water partition coefficient (Wildman–Crippen LogP) is -0.0711. The van der Waals surface area contributed by atoms with Crippen LogP contribution < -0.4 is 0 Å². The topological polar surface area (TPSA) is 32.7 Å². The maximum atomic E-state index is 8.54. The van der Waals surface area contributed by atoms with E-state index in [0.29, 0.717) is 0 Å². The number of nitrogens with zero attached hydrogens (tertiary/aromatic N) is 1. The lowest BCUT2D eigenvalue weighted by molar-refractivity contribution is 0.0306. The number of halogens is 1. The highest BCUT2D eigenvalue weighted by Crippen LogP contribution is 1.93. The number of β-amino-alcohol motifs (C(OH)–C–C–N with tert-alkyl or cyclic N) is 1. The van der Waals surface area contributed by atoms with Crippen LogP contribution in [-0.2, 0) is 4.74 Å². The normalized spacial score (nSPS) is 20.1. The lowest BCUT2D eigenvalue weighted by Crippen LogP contribution is -2.37. The molecule has 1 fully saturated rings. The molecular weight excluding hydrogens is 245 g/mol. The van der Waals surface area contributed by atoms with Gasteiger partial charge in [-0.15, -0.1) is 24.0 Å². The van der Waals surface area contributed by atoms with Gasteiger partial charge in [-0.25, -0.2) is 0 Å². The fourth-order valence-corrected chi connectivity index (χ4v) is 0.966. The maximum absolute atomic E-state index is 8.54. The van der Waals surface area contributed by atoms with E-state index in [9.17, 15) is 0 Å². The molecule has 10 heavy (non-hydrogen) atoms. The van der Waals surface area contributed by atoms with Crippen molar-refractivity contribution in [1.82, 2.24) is 4.90 Å². The van der Waals surface area contributed by atoms with E-state index in [1.807, 2.05) is 0 Å². The summed E-state index contributed by atoms with van der Waals surface area (Å²) < 4.78 is 5.12. The smallest absolute Gasteiger partial charge is 0.0594 e. The molecule has 1 aliphatic heterocycles. The molecule has 0 bridgehead atoms. The van der Waals surface area contributed by atoms with Crippen molar-refractivity contribution < 1.29 is 9.84 Å². The Kier molecular flexibility index (Phi) is 6.71. The molecule has 0 radical (unpaired) electrons. The van der Waals surface area contributed by atoms with E-state index in [2.05, 4.69) is 4.90 Å². The minimum Gasteiger partial charge on any atom is -0.395 e. The van der Waals surface area contributed by atoms with E-state index in [1.165, 1.54) is 0 Å². The van der Waals surface area contributed by atoms with Crippen molar-refractivity contribution in [2.75, 3.05) is 39.5 Å². The molecule has 0 unspecified atom stereocenters. The molecule has 1 heterocycles. The molecular formula is C6H14INO2. The second-order valence-corrected chi connectivity index (χ2v) is 2.18. The zero-order chi connectivity index (χ0) is 6.53. The highest BCUT2D eigenvalue weighted by atomic mass is 127. The van der Waals surface area contributed by atoms with Crippen molar-refractivity contribution in [3.63, 3.8) is 0 Å². The summed E-state index contributed by atoms with van der Waals surface area (Å²) in [5.41, 5.74) is 0. The van der Waals surface area contributed by atoms with Gasteiger partial charge < -0.3 is 9.84 Å². The van der Waals surface area contributed by atoms with Crippen LogP contribution >= 0.6 is 24.0 Å². The molecule has 0 aromatic rings. The maximum Gasteiger partial charge on any atom is 0.0594 e. The Morgan fingerprint density at radius 3 is 2.40 bits per heavy atom. The van der Waals surface area contributed by atoms with E-state index in [-0.39, 0.29) is 30.6 Å². The second kappa shape index (κ2) is 6.33. The number of hydrogen-bond donors (Lipinski definition) is 1. The van der Waals surface area contributed by atoms with Gasteiger partial charge in [-0.05, 0) is 0 Å². The van der Waals surface area contributed by atoms with Crippen LogP contribution in [0.4, 0.5) is 0 Å². The largest absolute Gasteiger partial charge is 0.395 e. The van der Waals surface area contributed by atoms with Crippen LogP contribution in [0.15, 0.2) is 0 Å². The number of ether oxygens (including phenoxy) is 1. The fraction of sp³-hybridized carbons (Fsp3) is 1.00. The monoisotopic (exact) mass is 259 g/mol. The highest BCUT2D eigenvalue weighted by molar-refractivity contribution is 14.0. The number of aliphatic hydroxyl groups excluding tert-OH is 1. The SMILES string of the molecule is I.OCCN1CCOCC1. The van der Waals surface area contributed by atoms with Gasteiger partial charge in [0, 0.05) is 19.6 Å². The van der Waals surface area contributed by atoms with Crippen LogP contribution in [0.1, 0.15) is 0 Å². The van der Waals surface area contributed by atoms with E-state index in [0.717, 1.165) is 32.8 Å². The van der Waals surface area contributed by atoms with Crippen LogP contribution in [0.3, 0.4) is 0 Å². The molecule has 0 aromatic carbocycles. The quantitative estimate of drug-likeness (QED) is 0.704. The average molecular weight is 259 g/mol. The zero-order valence-corrected chi connectivity index (χ0v) is 8.28. The predicted molar refractivity (Wildman–Crippen MR) is 49.8 cm³/mol. The van der Waals surface area contributed by atoms with Gasteiger partial charge in [-0.2, -0.15) is 0 Å². The number of hydrogen-bond acceptors (Lipinski definition) is 3. The third kappa shape index (κ3) is 3.70. The van der Waals surface area contributed by atoms with Gasteiger partial charge in [0.25, 0.3) is 0 Å². The third-order valence-electron chi connectivity index (χ3n) is 1.52. The van der Waals surface area contributed by atoms with Gasteiger partial charge in [-0.1, -0.05) is 0 Å². The molecule has 62 valence electrons. The molecule has 0 amide bonds. The number of rotatable bonds is 2. The zero-order valence-electron chi connectivity index (χ0n) is 5.95. The summed E-state index contributed by atoms with van der Waals surface area (Å²) in [7, 11) is 0. The molecule has 4 heteroatoms. The Bertz CT molecular complexity index is 73.4. The molecule has 0 aliphatic carbocycles. The highest BCUT2D eigenvalue weighted by Gasteiger charge is 2.07. The Hall–Kier alpha value is 0.610. The molecule has 1 saturated heterocycles. The van der Waals surface area contributed by atoms with Crippen LogP contribution in [0.2, 0.25) is 0 Å². The van der Waals surface area contributed by atoms with Crippen LogP contribution in [0.5, 0.6) is 0 Å². The van der Waals surface area contributed by atoms with Crippen LogP contribution in [0.25, 0.3) is 0 Å². The first-order valence-electron chi connectivity index (χ1n) is 3.34. The summed E-state index contributed by atoms with van der Waals surface area (Å²) in [6.45, 7) is 4.64. The standard InChI is InChI=1S/C6H13NO2.HI/c8-4-1-7-2-5-9-6-3-7;/h8H,1-6H2;1H. The van der Waals surface area contributed by atoms with Gasteiger partial charge in [0.2, 0.25) is 0 Å². The molecule has 1 rings (SSSR count). The fourth-order valence-electron chi connectivity index (χ4n) is 0.966. The van der Waals surface area contributed by atoms with Crippen molar-refractivity contribution >= 4 is 24.0 Å². The summed E-state index contributed by atoms with van der Waals surface area (Å²) >= 11 is 0. The van der Waals surface area contributed by atoms with Crippen LogP contribution in [-0.4, -0.2) is 49.5 Å². The van der Waals surface area contributed by atoms with Crippen molar-refractivity contribution in [3.05, 3.63) is 0 Å². The Balaban J connectivity index is 0.000000810. The summed E-state index contributed by atoms with van der Waals surface area (Å²) in [4.78, 5) is 2.20. The Morgan fingerprint density at radius 2 is 1.90 bits per heavy atom. The van der Waals surface area contributed by atoms with Gasteiger partial charge in [0.15, 0.2) is 0 Å². The van der Waals surface area contributed by atoms with Crippen molar-refractivity contribution in [2.45, 2.75) is 0 Å². The van der Waals surface area contributed by atoms with E-state index in [4.69, 9.17) is 9.84 Å². The van der Waals surface area contributed by atoms with Gasteiger partial charge in [0.05, 0.1) is 19.8 Å². The second-order valence-electron chi connectivity index (χ2n) is 2.18. The van der Waals surface area contributed by atoms with Gasteiger partial charge in [0.1, 0.15) is 0 Å². The van der Waals surface area contributed by atoms with Crippen molar-refractivity contribution in [3.8, 4) is 0 Å². The van der Waals surface area contributed by atoms with Crippen molar-refractivity contribution in [2.24, 2.45) is 0 Å². The first-order valence-corrected chi connectivity index (χ1v) is 3.34. The summed E-state index contributed by atoms with van der Waals surface area (Å²) in [5, 5.41) is 8.54. The molecule has 0 spiro atoms. The summed E-state index contributed by atoms with van der Waals surface area (Å²) in [5.74, 6) is 0. The molecule has 1 aliphatic rings. The van der Waals surface area contributed by atoms with Crippen molar-refractivity contribution in [1.29, 1.82) is 0 Å². The third-order valence-corrected chi connectivity index (χ3v) is 1.52. The van der Waals surface area contributed by atoms with E-state index >= 15 is 0 Å². The molecule has 0 saturated carbocycles. The lowest BCUT2D eigenvalue weighted by atomic mass is 10.4. The van der Waals surface area contributed by atoms with Gasteiger partial charge >= 0.3 is 0 Å². The average Bonchev–Trinajstić information content (AvgIpc) is 1.91. The minimum atomic E-state index is 0. The molecule has 3 nitrogen and oxygen atoms in total. The first-order chi connectivity index (χ1) is 4.43. The molecule has 0 atom stereocenters. The number of aliphatic hydroxyl groups is 1. The number of morpholine rings is 1. The van der Waals surface area contributed by atoms with E-state index in [1.54, 1.807) is 0 Å². The summed E-state index contributed by atoms with van der Waals surface area (Å²) in [6, 6.07) is 0. The lowest BCUT2D eigenvalue weighted by Gasteiger charge is -2.25. The molecule has 0 aromatic heterocycles. The molecule has 1 N–H and O–H groups in total. The Labute approximate surface area is 78.4 Å². The summed E-state index contributed by atoms with van der Waals surface area (Å²) in [6.07, 6.45) is 0.